The molecule has 0 bridgehead atoms. The largest absolute Gasteiger partial charge is 1.00 e. The van der Waals surface area contributed by atoms with Gasteiger partial charge in [0, 0.05) is 11.1 Å². The highest BCUT2D eigenvalue weighted by molar-refractivity contribution is 9.09. The topological polar surface area (TPSA) is 34.1 Å². The fourth-order valence-electron chi connectivity index (χ4n) is 4.67. The van der Waals surface area contributed by atoms with Crippen molar-refractivity contribution < 1.29 is 26.6 Å². The van der Waals surface area contributed by atoms with Gasteiger partial charge in [0.2, 0.25) is 5.78 Å². The molecule has 2 aliphatic rings. The summed E-state index contributed by atoms with van der Waals surface area (Å²) in [5.41, 5.74) is 6.28. The van der Waals surface area contributed by atoms with Crippen molar-refractivity contribution >= 4 is 50.2 Å². The standard InChI is InChI=1S/C18H19OS.C14H11BrO.C4H8S.BrH/c19-18(14-20-12-4-5-13-20)17-10-8-16(9-11-17)15-6-2-1-3-7-15;15-10-14(16)13-8-6-12(7-9-13)11-4-2-1-3-5-11;1-2-4-5-3-1;/h1-3,6-11H,4-5,12-14H2;1-9H,10H2;1-4H2;1H/q+1;;;/p-1. The molecule has 2 aliphatic heterocycles. The van der Waals surface area contributed by atoms with Crippen LogP contribution in [0, 0.1) is 0 Å². The molecule has 0 aromatic heterocycles. The van der Waals surface area contributed by atoms with Gasteiger partial charge >= 0.3 is 0 Å². The van der Waals surface area contributed by atoms with Crippen molar-refractivity contribution in [1.29, 1.82) is 0 Å². The average Bonchev–Trinajstić information content (AvgIpc) is 3.80. The Bertz CT molecular complexity index is 1330. The summed E-state index contributed by atoms with van der Waals surface area (Å²) >= 11 is 5.24. The molecule has 4 aromatic carbocycles. The van der Waals surface area contributed by atoms with Crippen molar-refractivity contribution in [3.05, 3.63) is 120 Å². The molecular weight excluding hydrogens is 688 g/mol. The average molecular weight is 727 g/mol. The van der Waals surface area contributed by atoms with E-state index in [-0.39, 0.29) is 22.8 Å². The zero-order valence-corrected chi connectivity index (χ0v) is 28.7. The first-order chi connectivity index (χ1) is 20.1. The van der Waals surface area contributed by atoms with Crippen LogP contribution in [0.4, 0.5) is 0 Å². The summed E-state index contributed by atoms with van der Waals surface area (Å²) < 4.78 is 0. The smallest absolute Gasteiger partial charge is 0.211 e. The number of halogens is 2. The van der Waals surface area contributed by atoms with Crippen LogP contribution in [0.3, 0.4) is 0 Å². The third kappa shape index (κ3) is 11.2. The van der Waals surface area contributed by atoms with Crippen molar-refractivity contribution in [3.8, 4) is 22.3 Å². The molecule has 42 heavy (non-hydrogen) atoms. The van der Waals surface area contributed by atoms with Crippen molar-refractivity contribution in [1.82, 2.24) is 0 Å². The van der Waals surface area contributed by atoms with Gasteiger partial charge in [0.05, 0.1) is 5.33 Å². The third-order valence-corrected chi connectivity index (χ3v) is 11.1. The maximum absolute atomic E-state index is 12.3. The Morgan fingerprint density at radius 2 is 0.976 bits per heavy atom. The second kappa shape index (κ2) is 19.2. The number of benzene rings is 4. The lowest BCUT2D eigenvalue weighted by Crippen LogP contribution is -3.00. The minimum Gasteiger partial charge on any atom is -1.00 e. The molecule has 0 spiro atoms. The molecule has 0 radical (unpaired) electrons. The van der Waals surface area contributed by atoms with Gasteiger partial charge in [0.15, 0.2) is 11.5 Å². The van der Waals surface area contributed by atoms with E-state index in [2.05, 4.69) is 64.1 Å². The molecule has 0 aliphatic carbocycles. The van der Waals surface area contributed by atoms with E-state index >= 15 is 0 Å². The number of alkyl halides is 1. The van der Waals surface area contributed by atoms with Crippen LogP contribution in [0.5, 0.6) is 0 Å². The molecular formula is C36H38Br2O2S2. The van der Waals surface area contributed by atoms with Gasteiger partial charge in [-0.05, 0) is 70.3 Å². The SMILES string of the molecule is C1CCSC1.O=C(CBr)c1ccc(-c2ccccc2)cc1.O=C(C[S+]1CCCC1)c1ccc(-c2ccccc2)cc1.[Br-]. The summed E-state index contributed by atoms with van der Waals surface area (Å²) in [5.74, 6) is 6.53. The normalized spacial score (nSPS) is 14.0. The second-order valence-electron chi connectivity index (χ2n) is 10.1. The number of thioether (sulfide) groups is 1. The summed E-state index contributed by atoms with van der Waals surface area (Å²) in [5, 5.41) is 0.373. The molecule has 2 heterocycles. The van der Waals surface area contributed by atoms with Gasteiger partial charge in [-0.15, -0.1) is 0 Å². The number of ketones is 2. The molecule has 2 fully saturated rings. The Kier molecular flexibility index (Phi) is 15.7. The van der Waals surface area contributed by atoms with Gasteiger partial charge in [0.1, 0.15) is 11.5 Å². The van der Waals surface area contributed by atoms with Gasteiger partial charge in [-0.25, -0.2) is 0 Å². The first-order valence-corrected chi connectivity index (χ1v) is 18.3. The van der Waals surface area contributed by atoms with Crippen molar-refractivity contribution in [2.75, 3.05) is 34.1 Å². The minimum absolute atomic E-state index is 0. The Labute approximate surface area is 277 Å². The molecule has 4 aromatic rings. The quantitative estimate of drug-likeness (QED) is 0.126. The Hall–Kier alpha value is -2.12. The second-order valence-corrected chi connectivity index (χ2v) is 14.2. The van der Waals surface area contributed by atoms with E-state index in [0.717, 1.165) is 22.4 Å². The van der Waals surface area contributed by atoms with E-state index in [1.54, 1.807) is 0 Å². The van der Waals surface area contributed by atoms with Crippen LogP contribution in [-0.4, -0.2) is 45.7 Å². The fraction of sp³-hybridized carbons (Fsp3) is 0.278. The number of Topliss-reactive ketones (excluding diaryl/α,β-unsaturated/α-hetero) is 2. The van der Waals surface area contributed by atoms with E-state index in [0.29, 0.717) is 22.0 Å². The maximum Gasteiger partial charge on any atom is 0.211 e. The van der Waals surface area contributed by atoms with Gasteiger partial charge in [-0.1, -0.05) is 125 Å². The summed E-state index contributed by atoms with van der Waals surface area (Å²) in [6.07, 6.45) is 5.54. The molecule has 0 N–H and O–H groups in total. The predicted molar refractivity (Wildman–Crippen MR) is 184 cm³/mol. The van der Waals surface area contributed by atoms with Crippen LogP contribution in [0.2, 0.25) is 0 Å². The first-order valence-electron chi connectivity index (χ1n) is 14.3. The van der Waals surface area contributed by atoms with Crippen molar-refractivity contribution in [2.24, 2.45) is 0 Å². The monoisotopic (exact) mass is 724 g/mol. The maximum atomic E-state index is 12.3. The highest BCUT2D eigenvalue weighted by Gasteiger charge is 2.27. The molecule has 0 unspecified atom stereocenters. The van der Waals surface area contributed by atoms with Crippen LogP contribution in [0.1, 0.15) is 46.4 Å². The van der Waals surface area contributed by atoms with E-state index in [9.17, 15) is 9.59 Å². The van der Waals surface area contributed by atoms with Crippen LogP contribution in [0.25, 0.3) is 22.3 Å². The summed E-state index contributed by atoms with van der Waals surface area (Å²) in [6, 6.07) is 36.2. The zero-order chi connectivity index (χ0) is 28.7. The van der Waals surface area contributed by atoms with E-state index in [1.165, 1.54) is 65.4 Å². The Morgan fingerprint density at radius 3 is 1.36 bits per heavy atom. The number of hydrogen-bond acceptors (Lipinski definition) is 3. The van der Waals surface area contributed by atoms with Crippen molar-refractivity contribution in [3.63, 3.8) is 0 Å². The van der Waals surface area contributed by atoms with Gasteiger partial charge in [-0.2, -0.15) is 11.8 Å². The minimum atomic E-state index is 0. The lowest BCUT2D eigenvalue weighted by molar-refractivity contribution is -0.0000233. The number of carbonyl (C=O) groups is 2. The van der Waals surface area contributed by atoms with Crippen LogP contribution in [0.15, 0.2) is 109 Å². The first kappa shape index (κ1) is 34.4. The van der Waals surface area contributed by atoms with Crippen molar-refractivity contribution in [2.45, 2.75) is 25.7 Å². The highest BCUT2D eigenvalue weighted by Crippen LogP contribution is 2.21. The Balaban J connectivity index is 0.000000197. The zero-order valence-electron chi connectivity index (χ0n) is 23.9. The van der Waals surface area contributed by atoms with Gasteiger partial charge in [-0.3, -0.25) is 9.59 Å². The number of carbonyl (C=O) groups excluding carboxylic acids is 2. The van der Waals surface area contributed by atoms with E-state index in [1.807, 2.05) is 72.8 Å². The van der Waals surface area contributed by atoms with Crippen LogP contribution >= 0.6 is 27.7 Å². The summed E-state index contributed by atoms with van der Waals surface area (Å²) in [6.45, 7) is 0. The summed E-state index contributed by atoms with van der Waals surface area (Å²) in [7, 11) is 0.351. The Morgan fingerprint density at radius 1 is 0.571 bits per heavy atom. The van der Waals surface area contributed by atoms with E-state index in [4.69, 9.17) is 0 Å². The molecule has 6 rings (SSSR count). The van der Waals surface area contributed by atoms with Gasteiger partial charge in [0.25, 0.3) is 0 Å². The molecule has 2 saturated heterocycles. The van der Waals surface area contributed by atoms with E-state index < -0.39 is 0 Å². The number of hydrogen-bond donors (Lipinski definition) is 0. The number of rotatable bonds is 7. The molecule has 6 heteroatoms. The van der Waals surface area contributed by atoms with Crippen LogP contribution in [-0.2, 0) is 10.9 Å². The van der Waals surface area contributed by atoms with Gasteiger partial charge < -0.3 is 17.0 Å². The predicted octanol–water partition coefficient (Wildman–Crippen LogP) is 6.40. The molecule has 0 amide bonds. The van der Waals surface area contributed by atoms with Crippen LogP contribution < -0.4 is 17.0 Å². The molecule has 2 nitrogen and oxygen atoms in total. The third-order valence-electron chi connectivity index (χ3n) is 7.03. The molecule has 0 saturated carbocycles. The summed E-state index contributed by atoms with van der Waals surface area (Å²) in [4.78, 5) is 23.7. The lowest BCUT2D eigenvalue weighted by Gasteiger charge is -2.04. The fourth-order valence-corrected chi connectivity index (χ4v) is 8.27. The lowest BCUT2D eigenvalue weighted by atomic mass is 10.0. The molecule has 220 valence electrons. The molecule has 0 atom stereocenters. The highest BCUT2D eigenvalue weighted by atomic mass is 79.9.